The number of nitrogens with zero attached hydrogens (tertiary/aromatic N) is 7. The summed E-state index contributed by atoms with van der Waals surface area (Å²) in [6.07, 6.45) is -1.33. The lowest BCUT2D eigenvalue weighted by molar-refractivity contribution is -0.141. The predicted molar refractivity (Wildman–Crippen MR) is 170 cm³/mol. The number of pyridine rings is 1. The number of aromatic nitrogens is 5. The van der Waals surface area contributed by atoms with E-state index in [1.165, 1.54) is 57.9 Å². The Bertz CT molecular complexity index is 1900. The highest BCUT2D eigenvalue weighted by Crippen LogP contribution is 2.37. The summed E-state index contributed by atoms with van der Waals surface area (Å²) < 4.78 is 44.1. The molecule has 1 aliphatic heterocycles. The van der Waals surface area contributed by atoms with Gasteiger partial charge in [0.05, 0.1) is 39.9 Å². The van der Waals surface area contributed by atoms with E-state index in [-0.39, 0.29) is 84.1 Å². The summed E-state index contributed by atoms with van der Waals surface area (Å²) >= 11 is 6.41. The first-order valence-corrected chi connectivity index (χ1v) is 15.1. The first-order chi connectivity index (χ1) is 23.1. The number of nitrogen functional groups attached to an aromatic ring is 1. The summed E-state index contributed by atoms with van der Waals surface area (Å²) in [5, 5.41) is 15.2. The molecule has 4 heterocycles. The number of hydrogen-bond donors (Lipinski definition) is 4. The summed E-state index contributed by atoms with van der Waals surface area (Å²) in [4.78, 5) is 60.8. The Morgan fingerprint density at radius 1 is 1.04 bits per heavy atom. The Balaban J connectivity index is 1.25. The quantitative estimate of drug-likeness (QED) is 0.200. The van der Waals surface area contributed by atoms with Crippen LogP contribution in [0.15, 0.2) is 48.9 Å². The van der Waals surface area contributed by atoms with Crippen LogP contribution in [0, 0.1) is 0 Å². The first kappa shape index (κ1) is 34.8. The third-order valence-corrected chi connectivity index (χ3v) is 8.13. The predicted octanol–water partition coefficient (Wildman–Crippen LogP) is 2.65. The number of anilines is 2. The van der Waals surface area contributed by atoms with Crippen LogP contribution >= 0.6 is 11.6 Å². The van der Waals surface area contributed by atoms with Gasteiger partial charge < -0.3 is 36.3 Å². The number of nitrogens with one attached hydrogen (secondary N) is 1. The highest BCUT2D eigenvalue weighted by Gasteiger charge is 2.39. The van der Waals surface area contributed by atoms with Crippen LogP contribution in [0.2, 0.25) is 5.02 Å². The number of carboxylic acids is 1. The van der Waals surface area contributed by atoms with E-state index >= 15 is 0 Å². The van der Waals surface area contributed by atoms with Crippen LogP contribution in [0.4, 0.5) is 24.5 Å². The number of nitrogens with two attached hydrogens (primary N) is 2. The molecule has 1 aromatic carbocycles. The standard InChI is InChI=1S/C30H30ClF3N10O5/c1-41-22(19-15-44(40-25(19)30(32,33)34)23-6-2-16(35)13-37-23)14-38-26(41)27(46)39-17-3-4-18(20(31)12-17)28(47)43-10-8-42(9-11-43)24(45)7-5-21(36)29(48)49/h2-4,6,12-15,21H,5,7-11,35-36H2,1H3,(H,39,46)(H,48,49)/t21-/m0/s1. The minimum absolute atomic E-state index is 0.000971. The molecule has 4 aromatic rings. The largest absolute Gasteiger partial charge is 0.480 e. The molecule has 0 aliphatic carbocycles. The molecule has 5 rings (SSSR count). The van der Waals surface area contributed by atoms with Crippen LogP contribution < -0.4 is 16.8 Å². The van der Waals surface area contributed by atoms with E-state index in [0.29, 0.717) is 5.69 Å². The van der Waals surface area contributed by atoms with Gasteiger partial charge in [0, 0.05) is 51.5 Å². The molecule has 15 nitrogen and oxygen atoms in total. The molecule has 49 heavy (non-hydrogen) atoms. The van der Waals surface area contributed by atoms with Crippen molar-refractivity contribution in [3.8, 4) is 17.1 Å². The Kier molecular flexibility index (Phi) is 9.90. The Morgan fingerprint density at radius 2 is 1.73 bits per heavy atom. The van der Waals surface area contributed by atoms with Gasteiger partial charge in [-0.3, -0.25) is 19.2 Å². The molecule has 1 aliphatic rings. The lowest BCUT2D eigenvalue weighted by Gasteiger charge is -2.35. The van der Waals surface area contributed by atoms with Crippen LogP contribution in [-0.2, 0) is 22.8 Å². The van der Waals surface area contributed by atoms with Crippen LogP contribution in [0.5, 0.6) is 0 Å². The first-order valence-electron chi connectivity index (χ1n) is 14.7. The molecule has 3 aromatic heterocycles. The molecule has 0 spiro atoms. The zero-order valence-corrected chi connectivity index (χ0v) is 26.6. The minimum atomic E-state index is -4.83. The summed E-state index contributed by atoms with van der Waals surface area (Å²) in [5.74, 6) is -2.71. The van der Waals surface area contributed by atoms with E-state index in [9.17, 15) is 32.3 Å². The van der Waals surface area contributed by atoms with Gasteiger partial charge in [-0.2, -0.15) is 18.3 Å². The topological polar surface area (TPSA) is 208 Å². The molecule has 0 unspecified atom stereocenters. The van der Waals surface area contributed by atoms with E-state index in [0.717, 1.165) is 17.1 Å². The van der Waals surface area contributed by atoms with Gasteiger partial charge in [0.25, 0.3) is 11.8 Å². The molecule has 1 saturated heterocycles. The summed E-state index contributed by atoms with van der Waals surface area (Å²) in [6, 6.07) is 5.96. The minimum Gasteiger partial charge on any atom is -0.480 e. The number of benzene rings is 1. The molecule has 0 bridgehead atoms. The molecule has 1 fully saturated rings. The van der Waals surface area contributed by atoms with E-state index in [1.54, 1.807) is 0 Å². The maximum absolute atomic E-state index is 14.0. The van der Waals surface area contributed by atoms with Gasteiger partial charge in [-0.15, -0.1) is 0 Å². The van der Waals surface area contributed by atoms with Crippen LogP contribution in [0.3, 0.4) is 0 Å². The van der Waals surface area contributed by atoms with Crippen molar-refractivity contribution in [1.29, 1.82) is 0 Å². The molecular weight excluding hydrogens is 673 g/mol. The van der Waals surface area contributed by atoms with Gasteiger partial charge in [0.15, 0.2) is 17.3 Å². The summed E-state index contributed by atoms with van der Waals surface area (Å²) in [6.45, 7) is 0.927. The van der Waals surface area contributed by atoms with Crippen molar-refractivity contribution in [2.24, 2.45) is 12.8 Å². The molecule has 0 radical (unpaired) electrons. The second-order valence-corrected chi connectivity index (χ2v) is 11.5. The number of amides is 3. The van der Waals surface area contributed by atoms with Gasteiger partial charge in [0.1, 0.15) is 6.04 Å². The number of hydrogen-bond acceptors (Lipinski definition) is 9. The van der Waals surface area contributed by atoms with Crippen molar-refractivity contribution in [2.45, 2.75) is 25.1 Å². The van der Waals surface area contributed by atoms with E-state index in [4.69, 9.17) is 28.2 Å². The normalized spacial score (nSPS) is 14.1. The Labute approximate surface area is 281 Å². The number of aliphatic carboxylic acids is 1. The van der Waals surface area contributed by atoms with Crippen molar-refractivity contribution in [3.05, 3.63) is 71.0 Å². The maximum atomic E-state index is 14.0. The summed E-state index contributed by atoms with van der Waals surface area (Å²) in [5.41, 5.74) is 10.2. The van der Waals surface area contributed by atoms with Crippen molar-refractivity contribution in [3.63, 3.8) is 0 Å². The lowest BCUT2D eigenvalue weighted by atomic mass is 10.1. The monoisotopic (exact) mass is 702 g/mol. The number of rotatable bonds is 9. The van der Waals surface area contributed by atoms with Gasteiger partial charge in [-0.25, -0.2) is 14.6 Å². The molecule has 258 valence electrons. The van der Waals surface area contributed by atoms with Crippen molar-refractivity contribution >= 4 is 46.7 Å². The highest BCUT2D eigenvalue weighted by atomic mass is 35.5. The van der Waals surface area contributed by atoms with Crippen molar-refractivity contribution in [2.75, 3.05) is 37.2 Å². The molecule has 6 N–H and O–H groups in total. The zero-order chi connectivity index (χ0) is 35.6. The number of alkyl halides is 3. The fourth-order valence-electron chi connectivity index (χ4n) is 5.14. The number of halogens is 4. The second kappa shape index (κ2) is 13.9. The molecule has 1 atom stereocenters. The molecular formula is C30H30ClF3N10O5. The van der Waals surface area contributed by atoms with Crippen LogP contribution in [0.25, 0.3) is 17.1 Å². The fourth-order valence-corrected chi connectivity index (χ4v) is 5.40. The molecule has 0 saturated carbocycles. The number of carbonyl (C=O) groups excluding carboxylic acids is 3. The van der Waals surface area contributed by atoms with E-state index < -0.39 is 35.7 Å². The van der Waals surface area contributed by atoms with Crippen molar-refractivity contribution in [1.82, 2.24) is 34.1 Å². The number of carboxylic acid groups (broad SMARTS) is 1. The Hall–Kier alpha value is -5.49. The zero-order valence-electron chi connectivity index (χ0n) is 25.8. The Morgan fingerprint density at radius 3 is 2.35 bits per heavy atom. The van der Waals surface area contributed by atoms with Gasteiger partial charge in [0.2, 0.25) is 5.91 Å². The average molecular weight is 703 g/mol. The molecule has 3 amide bonds. The summed E-state index contributed by atoms with van der Waals surface area (Å²) in [7, 11) is 1.38. The lowest BCUT2D eigenvalue weighted by Crippen LogP contribution is -2.50. The van der Waals surface area contributed by atoms with E-state index in [1.807, 2.05) is 0 Å². The smallest absolute Gasteiger partial charge is 0.435 e. The fraction of sp³-hybridized carbons (Fsp3) is 0.300. The van der Waals surface area contributed by atoms with Crippen LogP contribution in [-0.4, -0.2) is 95.1 Å². The van der Waals surface area contributed by atoms with Gasteiger partial charge in [-0.1, -0.05) is 11.6 Å². The third kappa shape index (κ3) is 7.65. The van der Waals surface area contributed by atoms with Gasteiger partial charge in [-0.05, 0) is 36.8 Å². The van der Waals surface area contributed by atoms with Crippen molar-refractivity contribution < 1.29 is 37.5 Å². The second-order valence-electron chi connectivity index (χ2n) is 11.1. The van der Waals surface area contributed by atoms with Crippen LogP contribution in [0.1, 0.15) is 39.5 Å². The molecule has 19 heteroatoms. The highest BCUT2D eigenvalue weighted by molar-refractivity contribution is 6.34. The third-order valence-electron chi connectivity index (χ3n) is 7.82. The maximum Gasteiger partial charge on any atom is 0.435 e. The number of piperazine rings is 1. The van der Waals surface area contributed by atoms with E-state index in [2.05, 4.69) is 20.4 Å². The number of carbonyl (C=O) groups is 4. The average Bonchev–Trinajstić information content (AvgIpc) is 3.67. The number of imidazole rings is 1. The SMILES string of the molecule is Cn1c(-c2cn(-c3ccc(N)cn3)nc2C(F)(F)F)cnc1C(=O)Nc1ccc(C(=O)N2CCN(C(=O)CC[C@H](N)C(=O)O)CC2)c(Cl)c1. The van der Waals surface area contributed by atoms with Gasteiger partial charge >= 0.3 is 12.1 Å².